The van der Waals surface area contributed by atoms with E-state index in [9.17, 15) is 9.59 Å². The molecule has 0 radical (unpaired) electrons. The van der Waals surface area contributed by atoms with Gasteiger partial charge in [0.2, 0.25) is 11.9 Å². The number of amides is 2. The molecule has 0 aliphatic carbocycles. The first-order valence-corrected chi connectivity index (χ1v) is 9.09. The number of piperidine rings is 1. The fraction of sp³-hybridized carbons (Fsp3) is 0.278. The second-order valence-electron chi connectivity index (χ2n) is 6.30. The van der Waals surface area contributed by atoms with Gasteiger partial charge in [0.15, 0.2) is 11.5 Å². The number of nitrogens with two attached hydrogens (primary N) is 1. The summed E-state index contributed by atoms with van der Waals surface area (Å²) in [6.07, 6.45) is 3.00. The van der Waals surface area contributed by atoms with Crippen LogP contribution in [0.2, 0.25) is 5.02 Å². The minimum absolute atomic E-state index is 0.0396. The van der Waals surface area contributed by atoms with Crippen molar-refractivity contribution in [3.8, 4) is 0 Å². The second kappa shape index (κ2) is 8.66. The van der Waals surface area contributed by atoms with Crippen LogP contribution in [-0.4, -0.2) is 51.0 Å². The Kier molecular flexibility index (Phi) is 6.05. The number of carbonyl (C=O) groups excluding carboxylic acids is 2. The zero-order chi connectivity index (χ0) is 20.1. The lowest BCUT2D eigenvalue weighted by atomic mass is 10.1. The van der Waals surface area contributed by atoms with E-state index in [0.29, 0.717) is 23.8 Å². The number of primary amides is 1. The van der Waals surface area contributed by atoms with E-state index in [1.165, 1.54) is 6.08 Å². The molecule has 1 saturated heterocycles. The Bertz CT molecular complexity index is 888. The van der Waals surface area contributed by atoms with Crippen LogP contribution in [0.4, 0.5) is 17.5 Å². The molecule has 1 aromatic carbocycles. The fourth-order valence-corrected chi connectivity index (χ4v) is 3.04. The molecule has 1 fully saturated rings. The van der Waals surface area contributed by atoms with Gasteiger partial charge in [0.1, 0.15) is 0 Å². The molecule has 1 aliphatic heterocycles. The van der Waals surface area contributed by atoms with E-state index in [4.69, 9.17) is 17.3 Å². The summed E-state index contributed by atoms with van der Waals surface area (Å²) in [7, 11) is 0. The molecule has 0 bridgehead atoms. The maximum atomic E-state index is 11.8. The Balaban J connectivity index is 1.78. The maximum absolute atomic E-state index is 11.8. The van der Waals surface area contributed by atoms with Gasteiger partial charge in [-0.15, -0.1) is 10.2 Å². The SMILES string of the molecule is C=CC(=O)N1CCCC(Nc2nnc(C(N)=O)c(Nc3ccc(Cl)cc3)n2)C1. The molecule has 10 heteroatoms. The quantitative estimate of drug-likeness (QED) is 0.631. The zero-order valence-corrected chi connectivity index (χ0v) is 15.8. The number of anilines is 3. The van der Waals surface area contributed by atoms with Gasteiger partial charge in [-0.1, -0.05) is 18.2 Å². The van der Waals surface area contributed by atoms with E-state index in [0.717, 1.165) is 12.8 Å². The van der Waals surface area contributed by atoms with Gasteiger partial charge in [0, 0.05) is 29.8 Å². The molecule has 0 saturated carbocycles. The number of hydrogen-bond donors (Lipinski definition) is 3. The number of benzene rings is 1. The van der Waals surface area contributed by atoms with Gasteiger partial charge in [0.05, 0.1) is 0 Å². The Morgan fingerprint density at radius 2 is 2.04 bits per heavy atom. The summed E-state index contributed by atoms with van der Waals surface area (Å²) < 4.78 is 0. The third kappa shape index (κ3) is 4.74. The van der Waals surface area contributed by atoms with Gasteiger partial charge in [-0.25, -0.2) is 0 Å². The predicted molar refractivity (Wildman–Crippen MR) is 107 cm³/mol. The molecular formula is C18H20ClN7O2. The monoisotopic (exact) mass is 401 g/mol. The minimum Gasteiger partial charge on any atom is -0.364 e. The van der Waals surface area contributed by atoms with Crippen LogP contribution in [0.15, 0.2) is 36.9 Å². The minimum atomic E-state index is -0.747. The Hall–Kier alpha value is -3.20. The standard InChI is InChI=1S/C18H20ClN7O2/c1-2-14(27)26-9-3-4-13(10-26)22-18-23-17(15(16(20)28)24-25-18)21-12-7-5-11(19)6-8-12/h2,5-8,13H,1,3-4,9-10H2,(H2,20,28)(H2,21,22,23,25). The third-order valence-corrected chi connectivity index (χ3v) is 4.52. The Morgan fingerprint density at radius 1 is 1.29 bits per heavy atom. The van der Waals surface area contributed by atoms with Crippen molar-refractivity contribution < 1.29 is 9.59 Å². The summed E-state index contributed by atoms with van der Waals surface area (Å²) in [6, 6.07) is 6.84. The van der Waals surface area contributed by atoms with Gasteiger partial charge >= 0.3 is 0 Å². The Labute approximate surface area is 167 Å². The van der Waals surface area contributed by atoms with Gasteiger partial charge in [0.25, 0.3) is 5.91 Å². The van der Waals surface area contributed by atoms with E-state index in [-0.39, 0.29) is 29.4 Å². The summed E-state index contributed by atoms with van der Waals surface area (Å²) in [6.45, 7) is 4.71. The second-order valence-corrected chi connectivity index (χ2v) is 6.74. The van der Waals surface area contributed by atoms with Crippen LogP contribution in [0.3, 0.4) is 0 Å². The maximum Gasteiger partial charge on any atom is 0.273 e. The molecule has 28 heavy (non-hydrogen) atoms. The molecule has 1 unspecified atom stereocenters. The zero-order valence-electron chi connectivity index (χ0n) is 15.1. The summed E-state index contributed by atoms with van der Waals surface area (Å²) >= 11 is 5.89. The summed E-state index contributed by atoms with van der Waals surface area (Å²) in [5, 5.41) is 14.6. The molecule has 9 nitrogen and oxygen atoms in total. The van der Waals surface area contributed by atoms with Gasteiger partial charge in [-0.3, -0.25) is 9.59 Å². The summed E-state index contributed by atoms with van der Waals surface area (Å²) in [5.41, 5.74) is 5.97. The summed E-state index contributed by atoms with van der Waals surface area (Å²) in [5.74, 6) is -0.440. The van der Waals surface area contributed by atoms with Crippen LogP contribution in [0.5, 0.6) is 0 Å². The largest absolute Gasteiger partial charge is 0.364 e. The van der Waals surface area contributed by atoms with Crippen LogP contribution >= 0.6 is 11.6 Å². The lowest BCUT2D eigenvalue weighted by Crippen LogP contribution is -2.44. The van der Waals surface area contributed by atoms with Gasteiger partial charge in [-0.2, -0.15) is 4.98 Å². The lowest BCUT2D eigenvalue weighted by Gasteiger charge is -2.32. The van der Waals surface area contributed by atoms with Gasteiger partial charge < -0.3 is 21.3 Å². The number of hydrogen-bond acceptors (Lipinski definition) is 7. The molecule has 2 amide bonds. The van der Waals surface area contributed by atoms with E-state index >= 15 is 0 Å². The highest BCUT2D eigenvalue weighted by Gasteiger charge is 2.23. The molecular weight excluding hydrogens is 382 g/mol. The molecule has 1 aliphatic rings. The van der Waals surface area contributed by atoms with Crippen LogP contribution in [0.1, 0.15) is 23.3 Å². The number of halogens is 1. The first-order chi connectivity index (χ1) is 13.5. The van der Waals surface area contributed by atoms with Crippen molar-refractivity contribution in [2.45, 2.75) is 18.9 Å². The highest BCUT2D eigenvalue weighted by molar-refractivity contribution is 6.30. The molecule has 2 heterocycles. The molecule has 4 N–H and O–H groups in total. The van der Waals surface area contributed by atoms with E-state index in [2.05, 4.69) is 32.4 Å². The van der Waals surface area contributed by atoms with Crippen molar-refractivity contribution >= 4 is 40.9 Å². The van der Waals surface area contributed by atoms with Crippen molar-refractivity contribution in [1.29, 1.82) is 0 Å². The molecule has 0 spiro atoms. The van der Waals surface area contributed by atoms with Gasteiger partial charge in [-0.05, 0) is 43.2 Å². The molecule has 1 aromatic heterocycles. The highest BCUT2D eigenvalue weighted by atomic mass is 35.5. The molecule has 2 aromatic rings. The van der Waals surface area contributed by atoms with Crippen LogP contribution in [0, 0.1) is 0 Å². The van der Waals surface area contributed by atoms with Crippen molar-refractivity contribution in [1.82, 2.24) is 20.1 Å². The smallest absolute Gasteiger partial charge is 0.273 e. The normalized spacial score (nSPS) is 16.3. The fourth-order valence-electron chi connectivity index (χ4n) is 2.92. The first kappa shape index (κ1) is 19.6. The topological polar surface area (TPSA) is 126 Å². The number of likely N-dealkylation sites (tertiary alicyclic amines) is 1. The number of aromatic nitrogens is 3. The van der Waals surface area contributed by atoms with Crippen molar-refractivity contribution in [2.75, 3.05) is 23.7 Å². The Morgan fingerprint density at radius 3 is 2.71 bits per heavy atom. The predicted octanol–water partition coefficient (Wildman–Crippen LogP) is 1.96. The molecule has 146 valence electrons. The number of nitrogens with zero attached hydrogens (tertiary/aromatic N) is 4. The average molecular weight is 402 g/mol. The first-order valence-electron chi connectivity index (χ1n) is 8.71. The van der Waals surface area contributed by atoms with Crippen molar-refractivity contribution in [2.24, 2.45) is 5.73 Å². The van der Waals surface area contributed by atoms with Crippen LogP contribution < -0.4 is 16.4 Å². The highest BCUT2D eigenvalue weighted by Crippen LogP contribution is 2.21. The third-order valence-electron chi connectivity index (χ3n) is 4.27. The van der Waals surface area contributed by atoms with E-state index in [1.807, 2.05) is 0 Å². The lowest BCUT2D eigenvalue weighted by molar-refractivity contribution is -0.127. The molecule has 3 rings (SSSR count). The van der Waals surface area contributed by atoms with Crippen LogP contribution in [-0.2, 0) is 4.79 Å². The van der Waals surface area contributed by atoms with Crippen molar-refractivity contribution in [3.05, 3.63) is 47.6 Å². The number of carbonyl (C=O) groups is 2. The molecule has 1 atom stereocenters. The average Bonchev–Trinajstić information content (AvgIpc) is 2.69. The van der Waals surface area contributed by atoms with E-state index < -0.39 is 5.91 Å². The number of rotatable bonds is 6. The number of nitrogens with one attached hydrogen (secondary N) is 2. The van der Waals surface area contributed by atoms with Crippen molar-refractivity contribution in [3.63, 3.8) is 0 Å². The van der Waals surface area contributed by atoms with E-state index in [1.54, 1.807) is 29.2 Å². The van der Waals surface area contributed by atoms with Crippen LogP contribution in [0.25, 0.3) is 0 Å². The summed E-state index contributed by atoms with van der Waals surface area (Å²) in [4.78, 5) is 29.6.